The molecule has 0 spiro atoms. The first-order chi connectivity index (χ1) is 19.5. The highest BCUT2D eigenvalue weighted by Gasteiger charge is 2.10. The van der Waals surface area contributed by atoms with Crippen LogP contribution in [0.2, 0.25) is 0 Å². The number of hydrogen-bond donors (Lipinski definition) is 0. The molecule has 0 fully saturated rings. The molecule has 0 radical (unpaired) electrons. The number of methoxy groups -OCH3 is 3. The van der Waals surface area contributed by atoms with Crippen LogP contribution in [0.25, 0.3) is 6.08 Å². The Labute approximate surface area is 236 Å². The topological polar surface area (TPSA) is 84.0 Å². The summed E-state index contributed by atoms with van der Waals surface area (Å²) in [5.74, 6) is 7.07. The van der Waals surface area contributed by atoms with Crippen molar-refractivity contribution in [3.63, 3.8) is 0 Å². The number of hydrogen-bond acceptors (Lipinski definition) is 7. The quantitative estimate of drug-likeness (QED) is 0.159. The standard InChI is InChI=1S/C33H35NO6/c1-37-29-18-14-25(15-19-29)8-6-4-5-7-23-40-31-21-17-28(34-30(31)20-22-32(35)38-2)16-13-26-9-11-27(12-10-26)24-33(36)39-3/h6,8-12,14-15,17-19,21H,4-5,7,20,22-24H2,1-3H3/b8-6+. The first-order valence-electron chi connectivity index (χ1n) is 13.2. The van der Waals surface area contributed by atoms with Gasteiger partial charge in [0.25, 0.3) is 0 Å². The summed E-state index contributed by atoms with van der Waals surface area (Å²) in [7, 11) is 4.40. The number of unbranched alkanes of at least 4 members (excludes halogenated alkanes) is 2. The van der Waals surface area contributed by atoms with Crippen molar-refractivity contribution in [2.75, 3.05) is 27.9 Å². The van der Waals surface area contributed by atoms with Gasteiger partial charge in [0, 0.05) is 12.0 Å². The van der Waals surface area contributed by atoms with E-state index in [1.807, 2.05) is 60.7 Å². The van der Waals surface area contributed by atoms with Crippen molar-refractivity contribution in [3.8, 4) is 23.3 Å². The molecule has 7 heteroatoms. The zero-order chi connectivity index (χ0) is 28.6. The van der Waals surface area contributed by atoms with E-state index in [1.54, 1.807) is 7.11 Å². The Morgan fingerprint density at radius 3 is 2.30 bits per heavy atom. The molecule has 0 aliphatic rings. The van der Waals surface area contributed by atoms with Crippen LogP contribution in [0.3, 0.4) is 0 Å². The second-order valence-corrected chi connectivity index (χ2v) is 8.94. The second kappa shape index (κ2) is 16.4. The molecule has 7 nitrogen and oxygen atoms in total. The van der Waals surface area contributed by atoms with Gasteiger partial charge in [-0.05, 0) is 72.7 Å². The SMILES string of the molecule is COC(=O)CCc1nc(C#Cc2ccc(CC(=O)OC)cc2)ccc1OCCCC/C=C/c1ccc(OC)cc1. The van der Waals surface area contributed by atoms with E-state index in [4.69, 9.17) is 18.9 Å². The molecule has 0 aliphatic carbocycles. The Kier molecular flexibility index (Phi) is 12.3. The molecule has 0 bridgehead atoms. The van der Waals surface area contributed by atoms with Gasteiger partial charge in [-0.25, -0.2) is 4.98 Å². The number of benzene rings is 2. The Balaban J connectivity index is 1.56. The Bertz CT molecular complexity index is 1330. The minimum atomic E-state index is -0.306. The molecule has 0 amide bonds. The molecule has 0 saturated carbocycles. The molecule has 1 heterocycles. The second-order valence-electron chi connectivity index (χ2n) is 8.94. The van der Waals surface area contributed by atoms with Gasteiger partial charge in [-0.1, -0.05) is 42.3 Å². The van der Waals surface area contributed by atoms with E-state index in [9.17, 15) is 9.59 Å². The van der Waals surface area contributed by atoms with Crippen LogP contribution < -0.4 is 9.47 Å². The van der Waals surface area contributed by atoms with Crippen molar-refractivity contribution in [3.05, 3.63) is 94.8 Å². The molecule has 0 unspecified atom stereocenters. The number of nitrogens with zero attached hydrogens (tertiary/aromatic N) is 1. The summed E-state index contributed by atoms with van der Waals surface area (Å²) in [5.41, 5.74) is 4.04. The van der Waals surface area contributed by atoms with Gasteiger partial charge in [0.2, 0.25) is 0 Å². The number of pyridine rings is 1. The van der Waals surface area contributed by atoms with Crippen molar-refractivity contribution in [2.45, 2.75) is 38.5 Å². The van der Waals surface area contributed by atoms with Gasteiger partial charge in [-0.15, -0.1) is 0 Å². The van der Waals surface area contributed by atoms with E-state index in [0.717, 1.165) is 41.7 Å². The summed E-state index contributed by atoms with van der Waals surface area (Å²) in [6, 6.07) is 19.0. The van der Waals surface area contributed by atoms with Crippen molar-refractivity contribution < 1.29 is 28.5 Å². The monoisotopic (exact) mass is 541 g/mol. The molecule has 3 aromatic rings. The van der Waals surface area contributed by atoms with E-state index in [2.05, 4.69) is 29.0 Å². The van der Waals surface area contributed by atoms with E-state index in [-0.39, 0.29) is 24.8 Å². The molecular weight excluding hydrogens is 506 g/mol. The molecule has 208 valence electrons. The maximum absolute atomic E-state index is 11.7. The summed E-state index contributed by atoms with van der Waals surface area (Å²) in [6.45, 7) is 0.548. The highest BCUT2D eigenvalue weighted by molar-refractivity contribution is 5.72. The third kappa shape index (κ3) is 10.3. The first kappa shape index (κ1) is 30.0. The first-order valence-corrected chi connectivity index (χ1v) is 13.2. The molecular formula is C33H35NO6. The van der Waals surface area contributed by atoms with Gasteiger partial charge < -0.3 is 18.9 Å². The summed E-state index contributed by atoms with van der Waals surface area (Å²) in [5, 5.41) is 0. The largest absolute Gasteiger partial charge is 0.497 e. The Morgan fingerprint density at radius 2 is 1.60 bits per heavy atom. The zero-order valence-electron chi connectivity index (χ0n) is 23.3. The van der Waals surface area contributed by atoms with Crippen LogP contribution in [0.1, 0.15) is 53.8 Å². The van der Waals surface area contributed by atoms with Gasteiger partial charge in [0.15, 0.2) is 0 Å². The molecule has 40 heavy (non-hydrogen) atoms. The summed E-state index contributed by atoms with van der Waals surface area (Å²) in [4.78, 5) is 27.8. The molecule has 0 aliphatic heterocycles. The lowest BCUT2D eigenvalue weighted by atomic mass is 10.1. The molecule has 1 aromatic heterocycles. The van der Waals surface area contributed by atoms with Crippen LogP contribution in [0.15, 0.2) is 66.7 Å². The van der Waals surface area contributed by atoms with Crippen LogP contribution in [0.5, 0.6) is 11.5 Å². The fraction of sp³-hybridized carbons (Fsp3) is 0.303. The van der Waals surface area contributed by atoms with Crippen LogP contribution in [0.4, 0.5) is 0 Å². The van der Waals surface area contributed by atoms with E-state index in [0.29, 0.717) is 30.2 Å². The highest BCUT2D eigenvalue weighted by Crippen LogP contribution is 2.20. The van der Waals surface area contributed by atoms with Crippen LogP contribution in [-0.4, -0.2) is 44.9 Å². The van der Waals surface area contributed by atoms with Crippen molar-refractivity contribution in [2.24, 2.45) is 0 Å². The average molecular weight is 542 g/mol. The van der Waals surface area contributed by atoms with Gasteiger partial charge in [0.1, 0.15) is 17.2 Å². The Morgan fingerprint density at radius 1 is 0.850 bits per heavy atom. The molecule has 3 rings (SSSR count). The maximum Gasteiger partial charge on any atom is 0.309 e. The number of ether oxygens (including phenoxy) is 4. The molecule has 0 N–H and O–H groups in total. The van der Waals surface area contributed by atoms with Gasteiger partial charge in [-0.2, -0.15) is 0 Å². The predicted octanol–water partition coefficient (Wildman–Crippen LogP) is 5.57. The van der Waals surface area contributed by atoms with Crippen molar-refractivity contribution in [1.82, 2.24) is 4.98 Å². The number of allylic oxidation sites excluding steroid dienone is 1. The summed E-state index contributed by atoms with van der Waals surface area (Å²) < 4.78 is 20.7. The third-order valence-corrected chi connectivity index (χ3v) is 6.04. The van der Waals surface area contributed by atoms with E-state index >= 15 is 0 Å². The minimum Gasteiger partial charge on any atom is -0.497 e. The molecule has 0 atom stereocenters. The lowest BCUT2D eigenvalue weighted by Crippen LogP contribution is -2.07. The fourth-order valence-electron chi connectivity index (χ4n) is 3.75. The summed E-state index contributed by atoms with van der Waals surface area (Å²) in [6.07, 6.45) is 7.89. The van der Waals surface area contributed by atoms with Crippen molar-refractivity contribution in [1.29, 1.82) is 0 Å². The smallest absolute Gasteiger partial charge is 0.309 e. The number of carbonyl (C=O) groups excluding carboxylic acids is 2. The molecule has 2 aromatic carbocycles. The normalized spacial score (nSPS) is 10.5. The predicted molar refractivity (Wildman–Crippen MR) is 154 cm³/mol. The van der Waals surface area contributed by atoms with E-state index in [1.165, 1.54) is 14.2 Å². The molecule has 0 saturated heterocycles. The van der Waals surface area contributed by atoms with Crippen LogP contribution in [-0.2, 0) is 31.9 Å². The van der Waals surface area contributed by atoms with Gasteiger partial charge in [0.05, 0.1) is 46.5 Å². The lowest BCUT2D eigenvalue weighted by Gasteiger charge is -2.11. The zero-order valence-corrected chi connectivity index (χ0v) is 23.3. The maximum atomic E-state index is 11.7. The van der Waals surface area contributed by atoms with E-state index < -0.39 is 0 Å². The minimum absolute atomic E-state index is 0.203. The number of rotatable bonds is 13. The van der Waals surface area contributed by atoms with Gasteiger partial charge >= 0.3 is 11.9 Å². The number of aryl methyl sites for hydroxylation is 1. The van der Waals surface area contributed by atoms with Crippen LogP contribution in [0, 0.1) is 11.8 Å². The van der Waals surface area contributed by atoms with Gasteiger partial charge in [-0.3, -0.25) is 9.59 Å². The van der Waals surface area contributed by atoms with Crippen molar-refractivity contribution >= 4 is 18.0 Å². The number of esters is 2. The number of aromatic nitrogens is 1. The fourth-order valence-corrected chi connectivity index (χ4v) is 3.75. The average Bonchev–Trinajstić information content (AvgIpc) is 2.99. The highest BCUT2D eigenvalue weighted by atomic mass is 16.5. The number of carbonyl (C=O) groups is 2. The lowest BCUT2D eigenvalue weighted by molar-refractivity contribution is -0.141. The third-order valence-electron chi connectivity index (χ3n) is 6.04. The Hall–Kier alpha value is -4.57. The van der Waals surface area contributed by atoms with Crippen LogP contribution >= 0.6 is 0 Å². The summed E-state index contributed by atoms with van der Waals surface area (Å²) >= 11 is 0.